The van der Waals surface area contributed by atoms with Gasteiger partial charge in [0.05, 0.1) is 14.2 Å². The summed E-state index contributed by atoms with van der Waals surface area (Å²) in [5.41, 5.74) is 4.72. The van der Waals surface area contributed by atoms with Crippen LogP contribution in [0.4, 0.5) is 0 Å². The van der Waals surface area contributed by atoms with Crippen molar-refractivity contribution in [1.29, 1.82) is 0 Å². The molecule has 0 aliphatic heterocycles. The number of Topliss-reactive ketones (excluding diaryl/α,β-unsaturated/α-hetero) is 1. The standard InChI is InChI=1S/C24H22NO3/c1-27-22-14-19-13-20(24(26)21(19)15-23(22)28-2)12-17-8-10-25(11-9-17)16-18-6-4-3-5-7-18/h3-12,14-15H,13,16H2,1-2H3/q+1/b20-12-. The predicted molar refractivity (Wildman–Crippen MR) is 108 cm³/mol. The van der Waals surface area contributed by atoms with Gasteiger partial charge in [-0.3, -0.25) is 4.79 Å². The first-order valence-corrected chi connectivity index (χ1v) is 9.21. The van der Waals surface area contributed by atoms with Crippen LogP contribution in [0.3, 0.4) is 0 Å². The Bertz CT molecular complexity index is 1040. The molecule has 4 heteroatoms. The Morgan fingerprint density at radius 3 is 2.32 bits per heavy atom. The fourth-order valence-electron chi connectivity index (χ4n) is 3.52. The number of nitrogens with zero attached hydrogens (tertiary/aromatic N) is 1. The van der Waals surface area contributed by atoms with Crippen LogP contribution in [0.15, 0.2) is 72.6 Å². The van der Waals surface area contributed by atoms with E-state index >= 15 is 0 Å². The molecule has 0 fully saturated rings. The molecule has 3 aromatic rings. The van der Waals surface area contributed by atoms with E-state index in [4.69, 9.17) is 9.47 Å². The van der Waals surface area contributed by atoms with Gasteiger partial charge in [0.15, 0.2) is 36.2 Å². The molecular formula is C24H22NO3+. The summed E-state index contributed by atoms with van der Waals surface area (Å²) in [5, 5.41) is 0. The van der Waals surface area contributed by atoms with Gasteiger partial charge in [-0.05, 0) is 29.3 Å². The molecule has 0 N–H and O–H groups in total. The number of aromatic nitrogens is 1. The molecule has 0 bridgehead atoms. The Morgan fingerprint density at radius 1 is 0.964 bits per heavy atom. The van der Waals surface area contributed by atoms with E-state index in [-0.39, 0.29) is 5.78 Å². The molecule has 0 saturated carbocycles. The van der Waals surface area contributed by atoms with E-state index in [0.717, 1.165) is 23.2 Å². The van der Waals surface area contributed by atoms with Crippen LogP contribution in [0.2, 0.25) is 0 Å². The van der Waals surface area contributed by atoms with Crippen molar-refractivity contribution in [2.45, 2.75) is 13.0 Å². The van der Waals surface area contributed by atoms with Crippen LogP contribution in [0, 0.1) is 0 Å². The molecule has 0 amide bonds. The highest BCUT2D eigenvalue weighted by Crippen LogP contribution is 2.36. The Balaban J connectivity index is 1.55. The summed E-state index contributed by atoms with van der Waals surface area (Å²) in [6, 6.07) is 18.1. The van der Waals surface area contributed by atoms with Crippen LogP contribution < -0.4 is 14.0 Å². The van der Waals surface area contributed by atoms with Crippen LogP contribution in [0.5, 0.6) is 11.5 Å². The maximum absolute atomic E-state index is 12.8. The van der Waals surface area contributed by atoms with E-state index in [1.54, 1.807) is 20.3 Å². The van der Waals surface area contributed by atoms with E-state index < -0.39 is 0 Å². The van der Waals surface area contributed by atoms with E-state index in [0.29, 0.717) is 23.5 Å². The average Bonchev–Trinajstić information content (AvgIpc) is 3.03. The number of carbonyl (C=O) groups excluding carboxylic acids is 1. The number of pyridine rings is 1. The number of carbonyl (C=O) groups is 1. The van der Waals surface area contributed by atoms with E-state index in [2.05, 4.69) is 16.7 Å². The quantitative estimate of drug-likeness (QED) is 0.504. The monoisotopic (exact) mass is 372 g/mol. The lowest BCUT2D eigenvalue weighted by Crippen LogP contribution is -2.33. The Morgan fingerprint density at radius 2 is 1.64 bits per heavy atom. The zero-order valence-electron chi connectivity index (χ0n) is 16.0. The summed E-state index contributed by atoms with van der Waals surface area (Å²) in [5.74, 6) is 1.28. The molecular weight excluding hydrogens is 350 g/mol. The summed E-state index contributed by atoms with van der Waals surface area (Å²) < 4.78 is 12.8. The average molecular weight is 372 g/mol. The Labute approximate surface area is 164 Å². The van der Waals surface area contributed by atoms with Gasteiger partial charge in [-0.15, -0.1) is 0 Å². The molecule has 2 aromatic carbocycles. The number of rotatable bonds is 5. The highest BCUT2D eigenvalue weighted by molar-refractivity contribution is 6.15. The molecule has 0 saturated heterocycles. The third-order valence-corrected chi connectivity index (χ3v) is 4.99. The largest absolute Gasteiger partial charge is 0.493 e. The van der Waals surface area contributed by atoms with Gasteiger partial charge >= 0.3 is 0 Å². The molecule has 0 spiro atoms. The third kappa shape index (κ3) is 3.54. The molecule has 1 aliphatic rings. The number of hydrogen-bond acceptors (Lipinski definition) is 3. The summed E-state index contributed by atoms with van der Waals surface area (Å²) in [6.07, 6.45) is 6.65. The van der Waals surface area contributed by atoms with E-state index in [1.165, 1.54) is 5.56 Å². The van der Waals surface area contributed by atoms with Crippen molar-refractivity contribution in [3.8, 4) is 11.5 Å². The first-order chi connectivity index (χ1) is 13.7. The lowest BCUT2D eigenvalue weighted by atomic mass is 10.1. The normalized spacial score (nSPS) is 14.2. The molecule has 4 rings (SSSR count). The van der Waals surface area contributed by atoms with Gasteiger partial charge < -0.3 is 9.47 Å². The van der Waals surface area contributed by atoms with Gasteiger partial charge in [0, 0.05) is 35.3 Å². The number of ketones is 1. The number of benzene rings is 2. The molecule has 1 aromatic heterocycles. The van der Waals surface area contributed by atoms with E-state index in [9.17, 15) is 4.79 Å². The summed E-state index contributed by atoms with van der Waals surface area (Å²) in [7, 11) is 3.18. The molecule has 1 heterocycles. The van der Waals surface area contributed by atoms with E-state index in [1.807, 2.05) is 54.9 Å². The fourth-order valence-corrected chi connectivity index (χ4v) is 3.52. The second-order valence-electron chi connectivity index (χ2n) is 6.83. The smallest absolute Gasteiger partial charge is 0.189 e. The van der Waals surface area contributed by atoms with Crippen LogP contribution in [0.1, 0.15) is 27.0 Å². The van der Waals surface area contributed by atoms with Crippen LogP contribution in [0.25, 0.3) is 6.08 Å². The van der Waals surface area contributed by atoms with Crippen molar-refractivity contribution in [3.63, 3.8) is 0 Å². The maximum Gasteiger partial charge on any atom is 0.189 e. The highest BCUT2D eigenvalue weighted by atomic mass is 16.5. The van der Waals surface area contributed by atoms with Gasteiger partial charge in [-0.1, -0.05) is 30.3 Å². The van der Waals surface area contributed by atoms with Crippen LogP contribution >= 0.6 is 0 Å². The molecule has 140 valence electrons. The van der Waals surface area contributed by atoms with Gasteiger partial charge in [-0.2, -0.15) is 0 Å². The molecule has 0 unspecified atom stereocenters. The second kappa shape index (κ2) is 7.69. The first kappa shape index (κ1) is 18.0. The second-order valence-corrected chi connectivity index (χ2v) is 6.83. The number of methoxy groups -OCH3 is 2. The molecule has 0 atom stereocenters. The predicted octanol–water partition coefficient (Wildman–Crippen LogP) is 3.86. The van der Waals surface area contributed by atoms with Crippen molar-refractivity contribution < 1.29 is 18.8 Å². The van der Waals surface area contributed by atoms with Crippen molar-refractivity contribution >= 4 is 11.9 Å². The van der Waals surface area contributed by atoms with Crippen LogP contribution in [-0.4, -0.2) is 20.0 Å². The maximum atomic E-state index is 12.8. The number of allylic oxidation sites excluding steroid dienone is 1. The summed E-state index contributed by atoms with van der Waals surface area (Å²) >= 11 is 0. The van der Waals surface area contributed by atoms with Crippen molar-refractivity contribution in [2.75, 3.05) is 14.2 Å². The minimum Gasteiger partial charge on any atom is -0.493 e. The molecule has 28 heavy (non-hydrogen) atoms. The Hall–Kier alpha value is -3.40. The van der Waals surface area contributed by atoms with Gasteiger partial charge in [0.25, 0.3) is 0 Å². The summed E-state index contributed by atoms with van der Waals surface area (Å²) in [4.78, 5) is 12.8. The van der Waals surface area contributed by atoms with Crippen molar-refractivity contribution in [1.82, 2.24) is 0 Å². The minimum atomic E-state index is 0.0527. The van der Waals surface area contributed by atoms with Gasteiger partial charge in [0.1, 0.15) is 0 Å². The lowest BCUT2D eigenvalue weighted by molar-refractivity contribution is -0.688. The first-order valence-electron chi connectivity index (χ1n) is 9.21. The molecule has 1 aliphatic carbocycles. The SMILES string of the molecule is COc1cc2c(cc1OC)C(=O)/C(=C\c1cc[n+](Cc3ccccc3)cc1)C2. The minimum absolute atomic E-state index is 0.0527. The number of hydrogen-bond donors (Lipinski definition) is 0. The molecule has 4 nitrogen and oxygen atoms in total. The zero-order valence-corrected chi connectivity index (χ0v) is 16.0. The third-order valence-electron chi connectivity index (χ3n) is 4.99. The van der Waals surface area contributed by atoms with Gasteiger partial charge in [0.2, 0.25) is 0 Å². The number of ether oxygens (including phenoxy) is 2. The topological polar surface area (TPSA) is 39.4 Å². The van der Waals surface area contributed by atoms with Gasteiger partial charge in [-0.25, -0.2) is 4.57 Å². The van der Waals surface area contributed by atoms with Crippen LogP contribution in [-0.2, 0) is 13.0 Å². The van der Waals surface area contributed by atoms with Crippen molar-refractivity contribution in [2.24, 2.45) is 0 Å². The Kier molecular flexibility index (Phi) is 4.94. The molecule has 0 radical (unpaired) electrons. The highest BCUT2D eigenvalue weighted by Gasteiger charge is 2.27. The number of fused-ring (bicyclic) bond motifs is 1. The van der Waals surface area contributed by atoms with Crippen molar-refractivity contribution in [3.05, 3.63) is 94.8 Å². The summed E-state index contributed by atoms with van der Waals surface area (Å²) in [6.45, 7) is 0.821. The lowest BCUT2D eigenvalue weighted by Gasteiger charge is -2.08. The fraction of sp³-hybridized carbons (Fsp3) is 0.167. The zero-order chi connectivity index (χ0) is 19.5.